The van der Waals surface area contributed by atoms with E-state index in [2.05, 4.69) is 191 Å². The van der Waals surface area contributed by atoms with Gasteiger partial charge < -0.3 is 18.3 Å². The van der Waals surface area contributed by atoms with Gasteiger partial charge in [0.15, 0.2) is 0 Å². The van der Waals surface area contributed by atoms with Crippen LogP contribution in [0.3, 0.4) is 0 Å². The zero-order chi connectivity index (χ0) is 61.2. The predicted molar refractivity (Wildman–Crippen MR) is 342 cm³/mol. The molecule has 0 N–H and O–H groups in total. The minimum absolute atomic E-state index is 0. The first kappa shape index (κ1) is 47.3. The zero-order valence-corrected chi connectivity index (χ0v) is 50.4. The van der Waals surface area contributed by atoms with Gasteiger partial charge in [-0.15, -0.1) is 29.7 Å². The monoisotopic (exact) mass is 1280 g/mol. The summed E-state index contributed by atoms with van der Waals surface area (Å²) in [5, 5.41) is 4.11. The van der Waals surface area contributed by atoms with Crippen molar-refractivity contribution in [2.24, 2.45) is 0 Å². The standard InChI is InChI=1S/C78H60N4O2.Pt/c1-76(2,3)51-35-38-79-73(42-51)82-68-29-15-13-25-58(68)59-33-32-54(44-69(59)82)83-53-22-17-21-52(43-53)80-47-81-74-55(49-31-34-72-64(39-49)60-26-14-16-30-71(60)84-72)27-18-28-61(74)63-46-67-66(77(4,5)36-37-78(67,6)7)45-62(63)56-23-11-12-24-57(56)65-40-50(41-70(80)75(65)81)48-19-9-8-10-20-48;/h8-35,38-42,45-46H,36-37H2,1-7H3;/q-2;/i8D,9D,10D,19D,20D;. The van der Waals surface area contributed by atoms with Crippen molar-refractivity contribution in [1.82, 2.24) is 14.1 Å². The van der Waals surface area contributed by atoms with Gasteiger partial charge in [-0.25, -0.2) is 4.98 Å². The molecule has 0 bridgehead atoms. The quantitative estimate of drug-likeness (QED) is 0.123. The van der Waals surface area contributed by atoms with Gasteiger partial charge in [0.2, 0.25) is 0 Å². The van der Waals surface area contributed by atoms with E-state index >= 15 is 0 Å². The minimum Gasteiger partial charge on any atom is -0.510 e. The summed E-state index contributed by atoms with van der Waals surface area (Å²) in [7, 11) is 0. The number of imidazole rings is 1. The Bertz CT molecular complexity index is 5350. The van der Waals surface area contributed by atoms with Crippen LogP contribution in [0.2, 0.25) is 0 Å². The number of ether oxygens (including phenoxy) is 1. The van der Waals surface area contributed by atoms with E-state index in [0.717, 1.165) is 124 Å². The molecule has 0 spiro atoms. The molecule has 0 atom stereocenters. The van der Waals surface area contributed by atoms with Crippen molar-refractivity contribution < 1.29 is 41.6 Å². The maximum absolute atomic E-state index is 9.46. The predicted octanol–water partition coefficient (Wildman–Crippen LogP) is 19.8. The number of fused-ring (bicyclic) bond motifs is 14. The van der Waals surface area contributed by atoms with Crippen molar-refractivity contribution in [3.05, 3.63) is 247 Å². The van der Waals surface area contributed by atoms with E-state index in [1.54, 1.807) is 0 Å². The molecule has 7 heteroatoms. The van der Waals surface area contributed by atoms with Gasteiger partial charge in [-0.05, 0) is 161 Å². The Morgan fingerprint density at radius 2 is 1.22 bits per heavy atom. The third kappa shape index (κ3) is 8.46. The number of furan rings is 1. The molecular weight excluding hydrogens is 1220 g/mol. The van der Waals surface area contributed by atoms with Gasteiger partial charge in [-0.3, -0.25) is 4.57 Å². The normalized spacial score (nSPS) is 14.9. The Labute approximate surface area is 516 Å². The summed E-state index contributed by atoms with van der Waals surface area (Å²) in [4.78, 5) is 4.91. The average Bonchev–Trinajstić information content (AvgIpc) is 1.45. The minimum atomic E-state index is -0.455. The first-order valence-corrected chi connectivity index (χ1v) is 28.9. The van der Waals surface area contributed by atoms with Crippen LogP contribution in [0, 0.1) is 18.5 Å². The number of nitrogens with zero attached hydrogens (tertiary/aromatic N) is 4. The fraction of sp³-hybridized carbons (Fsp3) is 0.154. The van der Waals surface area contributed by atoms with Crippen LogP contribution >= 0.6 is 0 Å². The van der Waals surface area contributed by atoms with Crippen LogP contribution in [-0.4, -0.2) is 14.1 Å². The molecule has 5 heterocycles. The third-order valence-electron chi connectivity index (χ3n) is 17.9. The van der Waals surface area contributed by atoms with E-state index in [1.165, 1.54) is 11.1 Å². The second-order valence-corrected chi connectivity index (χ2v) is 25.0. The van der Waals surface area contributed by atoms with Gasteiger partial charge in [0, 0.05) is 55.1 Å². The van der Waals surface area contributed by atoms with Gasteiger partial charge in [-0.2, -0.15) is 18.2 Å². The van der Waals surface area contributed by atoms with Gasteiger partial charge in [0.1, 0.15) is 17.0 Å². The molecule has 14 aromatic rings. The molecule has 0 saturated heterocycles. The van der Waals surface area contributed by atoms with E-state index in [0.29, 0.717) is 28.3 Å². The third-order valence-corrected chi connectivity index (χ3v) is 17.9. The van der Waals surface area contributed by atoms with E-state index in [1.807, 2.05) is 71.4 Å². The Hall–Kier alpha value is -9.09. The van der Waals surface area contributed by atoms with E-state index in [4.69, 9.17) is 18.3 Å². The molecule has 0 radical (unpaired) electrons. The molecule has 0 saturated carbocycles. The number of para-hydroxylation sites is 3. The summed E-state index contributed by atoms with van der Waals surface area (Å²) >= 11 is 0. The number of aromatic nitrogens is 4. The number of benzene rings is 10. The molecule has 1 aliphatic carbocycles. The Morgan fingerprint density at radius 3 is 2.01 bits per heavy atom. The van der Waals surface area contributed by atoms with Crippen LogP contribution in [0.5, 0.6) is 11.5 Å². The van der Waals surface area contributed by atoms with E-state index in [-0.39, 0.29) is 55.0 Å². The second kappa shape index (κ2) is 19.5. The molecule has 2 aliphatic rings. The maximum Gasteiger partial charge on any atom is 0.268 e. The number of rotatable bonds is 6. The fourth-order valence-electron chi connectivity index (χ4n) is 13.4. The summed E-state index contributed by atoms with van der Waals surface area (Å²) in [6.07, 6.45) is 7.89. The van der Waals surface area contributed by atoms with Crippen LogP contribution in [0.25, 0.3) is 128 Å². The van der Waals surface area contributed by atoms with E-state index in [9.17, 15) is 2.74 Å². The van der Waals surface area contributed by atoms with Crippen molar-refractivity contribution in [2.45, 2.75) is 77.6 Å². The molecule has 1 aliphatic heterocycles. The summed E-state index contributed by atoms with van der Waals surface area (Å²) < 4.78 is 65.1. The molecule has 416 valence electrons. The van der Waals surface area contributed by atoms with Crippen molar-refractivity contribution in [3.8, 4) is 84.3 Å². The van der Waals surface area contributed by atoms with Crippen molar-refractivity contribution in [2.75, 3.05) is 0 Å². The topological polar surface area (TPSA) is 49.0 Å². The molecule has 0 amide bonds. The van der Waals surface area contributed by atoms with Crippen LogP contribution in [0.4, 0.5) is 0 Å². The van der Waals surface area contributed by atoms with Crippen molar-refractivity contribution in [3.63, 3.8) is 0 Å². The second-order valence-electron chi connectivity index (χ2n) is 25.0. The SMILES string of the molecule is [2H]c1c([2H])c([2H])c(-c2cc3c4c(c2)n(-c2[c-]c(Oc5[c-]c6c(cc5)c5ccccc5n6-c5cc(C(C)(C)C)ccn5)ccc2)[c-][n+]4-c2c(-c4ccc5oc6ccccc6c5c4)cccc2-c2cc4c(cc2-c2ccccc2-3)C(C)(C)CCC4(C)C)c([2H])c1[2H].[Pt]. The molecule has 6 nitrogen and oxygen atoms in total. The summed E-state index contributed by atoms with van der Waals surface area (Å²) in [6, 6.07) is 66.3. The molecule has 85 heavy (non-hydrogen) atoms. The van der Waals surface area contributed by atoms with Gasteiger partial charge in [0.05, 0.1) is 23.6 Å². The Morgan fingerprint density at radius 1 is 0.553 bits per heavy atom. The van der Waals surface area contributed by atoms with Crippen LogP contribution in [-0.2, 0) is 37.3 Å². The molecule has 10 aromatic carbocycles. The maximum atomic E-state index is 9.46. The summed E-state index contributed by atoms with van der Waals surface area (Å²) in [5.74, 6) is 1.69. The number of hydrogen-bond acceptors (Lipinski definition) is 3. The first-order chi connectivity index (χ1) is 42.8. The van der Waals surface area contributed by atoms with Crippen LogP contribution in [0.15, 0.2) is 217 Å². The van der Waals surface area contributed by atoms with Gasteiger partial charge >= 0.3 is 0 Å². The summed E-state index contributed by atoms with van der Waals surface area (Å²) in [5.41, 5.74) is 18.1. The van der Waals surface area contributed by atoms with Gasteiger partial charge in [-0.1, -0.05) is 181 Å². The van der Waals surface area contributed by atoms with Crippen LogP contribution < -0.4 is 9.30 Å². The largest absolute Gasteiger partial charge is 0.510 e. The Kier molecular flexibility index (Phi) is 10.8. The molecule has 0 unspecified atom stereocenters. The number of hydrogen-bond donors (Lipinski definition) is 0. The number of pyridine rings is 1. The molecule has 0 fully saturated rings. The first-order valence-electron chi connectivity index (χ1n) is 31.4. The summed E-state index contributed by atoms with van der Waals surface area (Å²) in [6.45, 7) is 16.1. The van der Waals surface area contributed by atoms with Crippen LogP contribution in [0.1, 0.15) is 84.9 Å². The average molecular weight is 1290 g/mol. The Balaban J connectivity index is 0.00000676. The molecule has 4 aromatic heterocycles. The van der Waals surface area contributed by atoms with Crippen molar-refractivity contribution in [1.29, 1.82) is 0 Å². The van der Waals surface area contributed by atoms with Crippen molar-refractivity contribution >= 4 is 54.8 Å². The molecule has 16 rings (SSSR count). The zero-order valence-electron chi connectivity index (χ0n) is 53.2. The fourth-order valence-corrected chi connectivity index (χ4v) is 13.4. The smallest absolute Gasteiger partial charge is 0.268 e. The van der Waals surface area contributed by atoms with E-state index < -0.39 is 18.1 Å². The van der Waals surface area contributed by atoms with Gasteiger partial charge in [0.25, 0.3) is 6.33 Å². The molecular formula is C78H60N4O2Pt-2.